The molecule has 2 nitrogen and oxygen atoms in total. The van der Waals surface area contributed by atoms with Crippen LogP contribution in [-0.4, -0.2) is 6.04 Å². The van der Waals surface area contributed by atoms with Gasteiger partial charge in [0.15, 0.2) is 0 Å². The third-order valence-corrected chi connectivity index (χ3v) is 3.01. The number of hydrogen-bond acceptors (Lipinski definition) is 2. The standard InChI is InChI=1S/C17H20FNO/c1-12(2)19-11-15-16(18)5-4-6-17(15)20-14-9-7-13(3)8-10-14/h4-10,12,19H,11H2,1-3H3. The van der Waals surface area contributed by atoms with Crippen LogP contribution in [0.3, 0.4) is 0 Å². The van der Waals surface area contributed by atoms with Crippen molar-refractivity contribution in [2.24, 2.45) is 0 Å². The van der Waals surface area contributed by atoms with Gasteiger partial charge in [-0.25, -0.2) is 4.39 Å². The molecule has 0 unspecified atom stereocenters. The van der Waals surface area contributed by atoms with Crippen molar-refractivity contribution in [3.05, 3.63) is 59.4 Å². The number of rotatable bonds is 5. The summed E-state index contributed by atoms with van der Waals surface area (Å²) in [6, 6.07) is 12.9. The predicted octanol–water partition coefficient (Wildman–Crippen LogP) is 4.42. The average Bonchev–Trinajstić information content (AvgIpc) is 2.40. The number of benzene rings is 2. The van der Waals surface area contributed by atoms with Gasteiger partial charge < -0.3 is 10.1 Å². The van der Waals surface area contributed by atoms with Crippen LogP contribution >= 0.6 is 0 Å². The van der Waals surface area contributed by atoms with Crippen LogP contribution in [0.1, 0.15) is 25.0 Å². The van der Waals surface area contributed by atoms with Crippen LogP contribution in [0.15, 0.2) is 42.5 Å². The number of ether oxygens (including phenoxy) is 1. The Hall–Kier alpha value is -1.87. The van der Waals surface area contributed by atoms with Crippen molar-refractivity contribution < 1.29 is 9.13 Å². The summed E-state index contributed by atoms with van der Waals surface area (Å²) in [6.07, 6.45) is 0. The maximum absolute atomic E-state index is 13.9. The molecule has 0 fully saturated rings. The zero-order valence-electron chi connectivity index (χ0n) is 12.1. The average molecular weight is 273 g/mol. The second-order valence-corrected chi connectivity index (χ2v) is 5.17. The van der Waals surface area contributed by atoms with Gasteiger partial charge in [0.2, 0.25) is 0 Å². The van der Waals surface area contributed by atoms with Crippen molar-refractivity contribution in [1.29, 1.82) is 0 Å². The fourth-order valence-electron chi connectivity index (χ4n) is 1.85. The van der Waals surface area contributed by atoms with E-state index >= 15 is 0 Å². The maximum Gasteiger partial charge on any atom is 0.134 e. The van der Waals surface area contributed by atoms with Gasteiger partial charge in [-0.05, 0) is 31.2 Å². The molecule has 0 radical (unpaired) electrons. The van der Waals surface area contributed by atoms with E-state index in [1.54, 1.807) is 12.1 Å². The van der Waals surface area contributed by atoms with E-state index in [1.807, 2.05) is 45.0 Å². The largest absolute Gasteiger partial charge is 0.457 e. The van der Waals surface area contributed by atoms with Gasteiger partial charge in [0.05, 0.1) is 0 Å². The molecule has 1 N–H and O–H groups in total. The molecular formula is C17H20FNO. The molecule has 0 bridgehead atoms. The topological polar surface area (TPSA) is 21.3 Å². The first-order valence-corrected chi connectivity index (χ1v) is 6.81. The molecule has 0 atom stereocenters. The lowest BCUT2D eigenvalue weighted by Gasteiger charge is -2.14. The van der Waals surface area contributed by atoms with Crippen LogP contribution in [0.2, 0.25) is 0 Å². The normalized spacial score (nSPS) is 10.8. The summed E-state index contributed by atoms with van der Waals surface area (Å²) in [6.45, 7) is 6.53. The summed E-state index contributed by atoms with van der Waals surface area (Å²) in [5, 5.41) is 3.22. The van der Waals surface area contributed by atoms with Crippen LogP contribution < -0.4 is 10.1 Å². The number of halogens is 1. The fraction of sp³-hybridized carbons (Fsp3) is 0.294. The van der Waals surface area contributed by atoms with E-state index in [4.69, 9.17) is 4.74 Å². The Kier molecular flexibility index (Phi) is 4.74. The number of aryl methyl sites for hydroxylation is 1. The van der Waals surface area contributed by atoms with Crippen molar-refractivity contribution in [2.45, 2.75) is 33.4 Å². The molecule has 0 aliphatic carbocycles. The summed E-state index contributed by atoms with van der Waals surface area (Å²) in [5.74, 6) is 1.02. The van der Waals surface area contributed by atoms with E-state index in [0.29, 0.717) is 29.6 Å². The quantitative estimate of drug-likeness (QED) is 0.870. The van der Waals surface area contributed by atoms with Crippen molar-refractivity contribution in [3.8, 4) is 11.5 Å². The molecule has 0 aliphatic rings. The molecule has 0 heterocycles. The fourth-order valence-corrected chi connectivity index (χ4v) is 1.85. The first kappa shape index (κ1) is 14.5. The Morgan fingerprint density at radius 2 is 1.80 bits per heavy atom. The minimum atomic E-state index is -0.247. The molecule has 0 saturated carbocycles. The van der Waals surface area contributed by atoms with E-state index in [1.165, 1.54) is 11.6 Å². The summed E-state index contributed by atoms with van der Waals surface area (Å²) in [7, 11) is 0. The van der Waals surface area contributed by atoms with Crippen LogP contribution in [0.25, 0.3) is 0 Å². The van der Waals surface area contributed by atoms with E-state index in [0.717, 1.165) is 0 Å². The second-order valence-electron chi connectivity index (χ2n) is 5.17. The molecule has 20 heavy (non-hydrogen) atoms. The zero-order chi connectivity index (χ0) is 14.5. The monoisotopic (exact) mass is 273 g/mol. The van der Waals surface area contributed by atoms with Crippen LogP contribution in [0.4, 0.5) is 4.39 Å². The van der Waals surface area contributed by atoms with Gasteiger partial charge in [0.1, 0.15) is 17.3 Å². The maximum atomic E-state index is 13.9. The summed E-state index contributed by atoms with van der Waals surface area (Å²) < 4.78 is 19.7. The van der Waals surface area contributed by atoms with E-state index in [9.17, 15) is 4.39 Å². The van der Waals surface area contributed by atoms with Gasteiger partial charge in [-0.2, -0.15) is 0 Å². The zero-order valence-corrected chi connectivity index (χ0v) is 12.1. The lowest BCUT2D eigenvalue weighted by atomic mass is 10.1. The molecule has 0 spiro atoms. The van der Waals surface area contributed by atoms with E-state index in [-0.39, 0.29) is 5.82 Å². The highest BCUT2D eigenvalue weighted by atomic mass is 19.1. The minimum absolute atomic E-state index is 0.247. The Balaban J connectivity index is 2.22. The molecule has 0 aromatic heterocycles. The lowest BCUT2D eigenvalue weighted by Crippen LogP contribution is -2.22. The third-order valence-electron chi connectivity index (χ3n) is 3.01. The molecule has 2 aromatic carbocycles. The molecular weight excluding hydrogens is 253 g/mol. The molecule has 2 rings (SSSR count). The summed E-state index contributed by atoms with van der Waals surface area (Å²) >= 11 is 0. The SMILES string of the molecule is Cc1ccc(Oc2cccc(F)c2CNC(C)C)cc1. The Morgan fingerprint density at radius 1 is 1.10 bits per heavy atom. The predicted molar refractivity (Wildman–Crippen MR) is 79.6 cm³/mol. The number of hydrogen-bond donors (Lipinski definition) is 1. The Morgan fingerprint density at radius 3 is 2.45 bits per heavy atom. The Labute approximate surface area is 119 Å². The molecule has 3 heteroatoms. The summed E-state index contributed by atoms with van der Waals surface area (Å²) in [5.41, 5.74) is 1.72. The smallest absolute Gasteiger partial charge is 0.134 e. The van der Waals surface area contributed by atoms with Crippen molar-refractivity contribution in [3.63, 3.8) is 0 Å². The number of nitrogens with one attached hydrogen (secondary N) is 1. The first-order valence-electron chi connectivity index (χ1n) is 6.81. The van der Waals surface area contributed by atoms with Gasteiger partial charge in [0, 0.05) is 18.2 Å². The first-order chi connectivity index (χ1) is 9.56. The van der Waals surface area contributed by atoms with Gasteiger partial charge in [-0.3, -0.25) is 0 Å². The molecule has 106 valence electrons. The van der Waals surface area contributed by atoms with Crippen LogP contribution in [0, 0.1) is 12.7 Å². The molecule has 0 amide bonds. The van der Waals surface area contributed by atoms with E-state index in [2.05, 4.69) is 5.32 Å². The minimum Gasteiger partial charge on any atom is -0.457 e. The molecule has 2 aromatic rings. The second kappa shape index (κ2) is 6.53. The highest BCUT2D eigenvalue weighted by molar-refractivity contribution is 5.39. The van der Waals surface area contributed by atoms with Gasteiger partial charge >= 0.3 is 0 Å². The van der Waals surface area contributed by atoms with Gasteiger partial charge in [-0.15, -0.1) is 0 Å². The van der Waals surface area contributed by atoms with Crippen LogP contribution in [-0.2, 0) is 6.54 Å². The Bertz CT molecular complexity index is 564. The molecule has 0 saturated heterocycles. The highest BCUT2D eigenvalue weighted by Gasteiger charge is 2.10. The summed E-state index contributed by atoms with van der Waals surface area (Å²) in [4.78, 5) is 0. The molecule has 0 aliphatic heterocycles. The van der Waals surface area contributed by atoms with Crippen molar-refractivity contribution in [2.75, 3.05) is 0 Å². The van der Waals surface area contributed by atoms with Crippen molar-refractivity contribution >= 4 is 0 Å². The highest BCUT2D eigenvalue weighted by Crippen LogP contribution is 2.27. The van der Waals surface area contributed by atoms with Crippen LogP contribution in [0.5, 0.6) is 11.5 Å². The lowest BCUT2D eigenvalue weighted by molar-refractivity contribution is 0.457. The van der Waals surface area contributed by atoms with Crippen molar-refractivity contribution in [1.82, 2.24) is 5.32 Å². The van der Waals surface area contributed by atoms with E-state index < -0.39 is 0 Å². The third kappa shape index (κ3) is 3.81. The van der Waals surface area contributed by atoms with Gasteiger partial charge in [0.25, 0.3) is 0 Å². The van der Waals surface area contributed by atoms with Gasteiger partial charge in [-0.1, -0.05) is 37.6 Å².